The van der Waals surface area contributed by atoms with Gasteiger partial charge in [0.05, 0.1) is 36.2 Å². The minimum Gasteiger partial charge on any atom is -0.372 e. The predicted octanol–water partition coefficient (Wildman–Crippen LogP) is 1.24. The number of nitrogens with zero attached hydrogens (tertiary/aromatic N) is 2. The first-order chi connectivity index (χ1) is 8.35. The average Bonchev–Trinajstić information content (AvgIpc) is 2.85. The SMILES string of the molecule is Cn1cnc(CNC(=O)[C@@H]2C[C@H]2OC(C)(C)C)c1. The Balaban J connectivity index is 1.74. The molecule has 0 radical (unpaired) electrons. The number of hydrogen-bond acceptors (Lipinski definition) is 3. The number of nitrogens with one attached hydrogen (secondary N) is 1. The zero-order chi connectivity index (χ0) is 13.3. The maximum absolute atomic E-state index is 11.9. The number of carbonyl (C=O) groups excluding carboxylic acids is 1. The van der Waals surface area contributed by atoms with Crippen LogP contribution in [0.1, 0.15) is 32.9 Å². The largest absolute Gasteiger partial charge is 0.372 e. The second kappa shape index (κ2) is 4.72. The van der Waals surface area contributed by atoms with Gasteiger partial charge in [-0.05, 0) is 27.2 Å². The smallest absolute Gasteiger partial charge is 0.226 e. The number of aryl methyl sites for hydroxylation is 1. The van der Waals surface area contributed by atoms with Crippen LogP contribution in [0.25, 0.3) is 0 Å². The molecule has 0 saturated heterocycles. The van der Waals surface area contributed by atoms with Gasteiger partial charge in [-0.15, -0.1) is 0 Å². The van der Waals surface area contributed by atoms with Gasteiger partial charge >= 0.3 is 0 Å². The second-order valence-corrected chi connectivity index (χ2v) is 5.86. The lowest BCUT2D eigenvalue weighted by Gasteiger charge is -2.19. The quantitative estimate of drug-likeness (QED) is 0.876. The van der Waals surface area contributed by atoms with Gasteiger partial charge in [-0.1, -0.05) is 0 Å². The van der Waals surface area contributed by atoms with E-state index in [1.807, 2.05) is 38.6 Å². The van der Waals surface area contributed by atoms with Crippen LogP contribution < -0.4 is 5.32 Å². The van der Waals surface area contributed by atoms with Crippen LogP contribution in [-0.2, 0) is 23.1 Å². The first-order valence-electron chi connectivity index (χ1n) is 6.27. The van der Waals surface area contributed by atoms with Crippen molar-refractivity contribution in [2.45, 2.75) is 45.4 Å². The molecule has 1 heterocycles. The number of imidazole rings is 1. The Bertz CT molecular complexity index is 434. The summed E-state index contributed by atoms with van der Waals surface area (Å²) in [6.07, 6.45) is 4.53. The molecule has 0 spiro atoms. The Kier molecular flexibility index (Phi) is 3.43. The van der Waals surface area contributed by atoms with Gasteiger partial charge in [-0.25, -0.2) is 4.98 Å². The molecule has 1 aliphatic carbocycles. The topological polar surface area (TPSA) is 56.2 Å². The van der Waals surface area contributed by atoms with Gasteiger partial charge in [-0.2, -0.15) is 0 Å². The van der Waals surface area contributed by atoms with Gasteiger partial charge in [0.25, 0.3) is 0 Å². The Labute approximate surface area is 108 Å². The van der Waals surface area contributed by atoms with E-state index >= 15 is 0 Å². The molecule has 0 bridgehead atoms. The molecular formula is C13H21N3O2. The summed E-state index contributed by atoms with van der Waals surface area (Å²) in [5, 5.41) is 2.90. The lowest BCUT2D eigenvalue weighted by Crippen LogP contribution is -2.28. The molecule has 5 heteroatoms. The van der Waals surface area contributed by atoms with E-state index in [0.29, 0.717) is 6.54 Å². The van der Waals surface area contributed by atoms with Gasteiger partial charge in [0.1, 0.15) is 0 Å². The number of amides is 1. The maximum atomic E-state index is 11.9. The monoisotopic (exact) mass is 251 g/mol. The minimum atomic E-state index is -0.180. The molecule has 1 aromatic rings. The van der Waals surface area contributed by atoms with Crippen molar-refractivity contribution in [1.29, 1.82) is 0 Å². The van der Waals surface area contributed by atoms with E-state index in [9.17, 15) is 4.79 Å². The predicted molar refractivity (Wildman–Crippen MR) is 67.8 cm³/mol. The lowest BCUT2D eigenvalue weighted by atomic mass is 10.2. The maximum Gasteiger partial charge on any atom is 0.226 e. The molecule has 1 fully saturated rings. The fraction of sp³-hybridized carbons (Fsp3) is 0.692. The fourth-order valence-corrected chi connectivity index (χ4v) is 1.90. The molecule has 0 aromatic carbocycles. The van der Waals surface area contributed by atoms with Crippen molar-refractivity contribution in [3.8, 4) is 0 Å². The molecule has 0 unspecified atom stereocenters. The second-order valence-electron chi connectivity index (χ2n) is 5.86. The summed E-state index contributed by atoms with van der Waals surface area (Å²) in [4.78, 5) is 16.0. The average molecular weight is 251 g/mol. The van der Waals surface area contributed by atoms with Gasteiger partial charge in [0.2, 0.25) is 5.91 Å². The Morgan fingerprint density at radius 3 is 2.89 bits per heavy atom. The molecule has 5 nitrogen and oxygen atoms in total. The molecule has 1 saturated carbocycles. The highest BCUT2D eigenvalue weighted by molar-refractivity contribution is 5.81. The molecule has 1 amide bonds. The third-order valence-corrected chi connectivity index (χ3v) is 2.78. The Morgan fingerprint density at radius 2 is 2.33 bits per heavy atom. The molecule has 1 aromatic heterocycles. The third kappa shape index (κ3) is 3.57. The van der Waals surface area contributed by atoms with E-state index < -0.39 is 0 Å². The van der Waals surface area contributed by atoms with E-state index in [1.54, 1.807) is 6.33 Å². The molecule has 2 rings (SSSR count). The molecule has 1 N–H and O–H groups in total. The Hall–Kier alpha value is -1.36. The standard InChI is InChI=1S/C13H21N3O2/c1-13(2,3)18-11-5-10(11)12(17)14-6-9-7-16(4)8-15-9/h7-8,10-11H,5-6H2,1-4H3,(H,14,17)/t10-,11-/m1/s1. The summed E-state index contributed by atoms with van der Waals surface area (Å²) in [5.74, 6) is 0.0721. The third-order valence-electron chi connectivity index (χ3n) is 2.78. The normalized spacial score (nSPS) is 22.9. The van der Waals surface area contributed by atoms with Crippen LogP contribution in [0.15, 0.2) is 12.5 Å². The zero-order valence-corrected chi connectivity index (χ0v) is 11.4. The Morgan fingerprint density at radius 1 is 1.61 bits per heavy atom. The van der Waals surface area contributed by atoms with Gasteiger partial charge < -0.3 is 14.6 Å². The number of aromatic nitrogens is 2. The van der Waals surface area contributed by atoms with Crippen LogP contribution in [0.3, 0.4) is 0 Å². The van der Waals surface area contributed by atoms with Crippen molar-refractivity contribution in [2.24, 2.45) is 13.0 Å². The first-order valence-corrected chi connectivity index (χ1v) is 6.27. The van der Waals surface area contributed by atoms with Crippen molar-refractivity contribution in [3.63, 3.8) is 0 Å². The highest BCUT2D eigenvalue weighted by Crippen LogP contribution is 2.36. The van der Waals surface area contributed by atoms with Crippen LogP contribution in [0, 0.1) is 5.92 Å². The zero-order valence-electron chi connectivity index (χ0n) is 11.4. The van der Waals surface area contributed by atoms with Crippen LogP contribution in [0.5, 0.6) is 0 Å². The highest BCUT2D eigenvalue weighted by atomic mass is 16.5. The number of carbonyl (C=O) groups is 1. The summed E-state index contributed by atoms with van der Waals surface area (Å²) in [7, 11) is 1.91. The number of rotatable bonds is 4. The van der Waals surface area contributed by atoms with E-state index in [-0.39, 0.29) is 23.5 Å². The van der Waals surface area contributed by atoms with E-state index in [1.165, 1.54) is 0 Å². The number of ether oxygens (including phenoxy) is 1. The lowest BCUT2D eigenvalue weighted by molar-refractivity contribution is -0.124. The van der Waals surface area contributed by atoms with Gasteiger partial charge in [0.15, 0.2) is 0 Å². The van der Waals surface area contributed by atoms with Crippen molar-refractivity contribution in [1.82, 2.24) is 14.9 Å². The summed E-state index contributed by atoms with van der Waals surface area (Å²) in [6, 6.07) is 0. The first kappa shape index (κ1) is 13.1. The summed E-state index contributed by atoms with van der Waals surface area (Å²) in [5.41, 5.74) is 0.695. The van der Waals surface area contributed by atoms with Crippen molar-refractivity contribution in [2.75, 3.05) is 0 Å². The molecule has 2 atom stereocenters. The van der Waals surface area contributed by atoms with Gasteiger partial charge in [0, 0.05) is 13.2 Å². The van der Waals surface area contributed by atoms with E-state index in [0.717, 1.165) is 12.1 Å². The van der Waals surface area contributed by atoms with E-state index in [2.05, 4.69) is 10.3 Å². The van der Waals surface area contributed by atoms with E-state index in [4.69, 9.17) is 4.74 Å². The highest BCUT2D eigenvalue weighted by Gasteiger charge is 2.45. The summed E-state index contributed by atoms with van der Waals surface area (Å²) < 4.78 is 7.62. The fourth-order valence-electron chi connectivity index (χ4n) is 1.90. The van der Waals surface area contributed by atoms with Crippen molar-refractivity contribution >= 4 is 5.91 Å². The molecule has 1 aliphatic rings. The van der Waals surface area contributed by atoms with Crippen LogP contribution in [0.2, 0.25) is 0 Å². The summed E-state index contributed by atoms with van der Waals surface area (Å²) in [6.45, 7) is 6.51. The van der Waals surface area contributed by atoms with Crippen LogP contribution in [0.4, 0.5) is 0 Å². The van der Waals surface area contributed by atoms with Crippen LogP contribution in [-0.4, -0.2) is 27.2 Å². The molecule has 100 valence electrons. The number of hydrogen-bond donors (Lipinski definition) is 1. The van der Waals surface area contributed by atoms with Crippen molar-refractivity contribution in [3.05, 3.63) is 18.2 Å². The van der Waals surface area contributed by atoms with Crippen LogP contribution >= 0.6 is 0 Å². The minimum absolute atomic E-state index is 0.00735. The molecule has 18 heavy (non-hydrogen) atoms. The molecule has 0 aliphatic heterocycles. The molecular weight excluding hydrogens is 230 g/mol. The van der Waals surface area contributed by atoms with Crippen molar-refractivity contribution < 1.29 is 9.53 Å². The summed E-state index contributed by atoms with van der Waals surface area (Å²) >= 11 is 0. The van der Waals surface area contributed by atoms with Gasteiger partial charge in [-0.3, -0.25) is 4.79 Å².